The zero-order valence-electron chi connectivity index (χ0n) is 17.0. The lowest BCUT2D eigenvalue weighted by Crippen LogP contribution is -2.46. The number of nitrogens with zero attached hydrogens (tertiary/aromatic N) is 2. The summed E-state index contributed by atoms with van der Waals surface area (Å²) in [6.45, 7) is 11.9. The van der Waals surface area contributed by atoms with Crippen molar-refractivity contribution in [3.05, 3.63) is 11.1 Å². The molecule has 1 aromatic rings. The van der Waals surface area contributed by atoms with Crippen LogP contribution >= 0.6 is 11.3 Å². The zero-order chi connectivity index (χ0) is 18.5. The first-order chi connectivity index (χ1) is 12.3. The minimum atomic E-state index is -0.113. The number of piperidine rings is 1. The average molecular weight is 377 g/mol. The van der Waals surface area contributed by atoms with Crippen molar-refractivity contribution in [2.75, 3.05) is 18.0 Å². The van der Waals surface area contributed by atoms with Crippen LogP contribution in [0.1, 0.15) is 84.3 Å². The summed E-state index contributed by atoms with van der Waals surface area (Å²) in [6, 6.07) is 0. The molecule has 1 aliphatic heterocycles. The number of rotatable bonds is 2. The Hall–Kier alpha value is -0.610. The van der Waals surface area contributed by atoms with E-state index in [2.05, 4.69) is 38.0 Å². The van der Waals surface area contributed by atoms with Crippen molar-refractivity contribution in [2.45, 2.75) is 84.7 Å². The SMILES string of the molecule is CC1(C)CCC(C)(C)C2CC(c3csc(N4CCC(O)CC4)n3)CCC21. The second-order valence-corrected chi connectivity index (χ2v) is 11.3. The van der Waals surface area contributed by atoms with Gasteiger partial charge in [0.1, 0.15) is 0 Å². The van der Waals surface area contributed by atoms with Gasteiger partial charge in [0.2, 0.25) is 0 Å². The normalized spacial score (nSPS) is 34.5. The van der Waals surface area contributed by atoms with E-state index >= 15 is 0 Å². The Kier molecular flexibility index (Phi) is 4.88. The van der Waals surface area contributed by atoms with Crippen molar-refractivity contribution in [3.8, 4) is 0 Å². The molecule has 1 saturated heterocycles. The molecule has 0 aromatic carbocycles. The van der Waals surface area contributed by atoms with Crippen molar-refractivity contribution in [1.82, 2.24) is 4.98 Å². The second kappa shape index (κ2) is 6.77. The van der Waals surface area contributed by atoms with Gasteiger partial charge in [-0.05, 0) is 67.6 Å². The van der Waals surface area contributed by atoms with Crippen LogP contribution in [-0.4, -0.2) is 29.3 Å². The lowest BCUT2D eigenvalue weighted by molar-refractivity contribution is -0.0501. The number of aliphatic hydroxyl groups excluding tert-OH is 1. The van der Waals surface area contributed by atoms with Gasteiger partial charge in [0.15, 0.2) is 5.13 Å². The maximum Gasteiger partial charge on any atom is 0.185 e. The molecule has 4 heteroatoms. The lowest BCUT2D eigenvalue weighted by Gasteiger charge is -2.55. The van der Waals surface area contributed by atoms with Gasteiger partial charge in [-0.15, -0.1) is 11.3 Å². The van der Waals surface area contributed by atoms with E-state index < -0.39 is 0 Å². The number of hydrogen-bond acceptors (Lipinski definition) is 4. The zero-order valence-corrected chi connectivity index (χ0v) is 17.8. The fourth-order valence-electron chi connectivity index (χ4n) is 5.92. The predicted molar refractivity (Wildman–Crippen MR) is 110 cm³/mol. The fraction of sp³-hybridized carbons (Fsp3) is 0.864. The number of hydrogen-bond donors (Lipinski definition) is 1. The molecule has 0 amide bonds. The van der Waals surface area contributed by atoms with Gasteiger partial charge in [0.05, 0.1) is 11.8 Å². The van der Waals surface area contributed by atoms with E-state index in [4.69, 9.17) is 4.98 Å². The molecule has 3 fully saturated rings. The van der Waals surface area contributed by atoms with Crippen LogP contribution in [0.4, 0.5) is 5.13 Å². The van der Waals surface area contributed by atoms with Gasteiger partial charge in [-0.1, -0.05) is 27.7 Å². The molecule has 2 saturated carbocycles. The smallest absolute Gasteiger partial charge is 0.185 e. The maximum atomic E-state index is 9.74. The Morgan fingerprint density at radius 2 is 1.65 bits per heavy atom. The topological polar surface area (TPSA) is 36.4 Å². The molecule has 4 rings (SSSR count). The Morgan fingerprint density at radius 1 is 1.00 bits per heavy atom. The van der Waals surface area contributed by atoms with Gasteiger partial charge < -0.3 is 10.0 Å². The molecule has 1 N–H and O–H groups in total. The highest BCUT2D eigenvalue weighted by molar-refractivity contribution is 7.13. The van der Waals surface area contributed by atoms with Crippen LogP contribution in [0, 0.1) is 22.7 Å². The van der Waals surface area contributed by atoms with E-state index in [1.54, 1.807) is 0 Å². The molecule has 0 bridgehead atoms. The highest BCUT2D eigenvalue weighted by Gasteiger charge is 2.50. The lowest BCUT2D eigenvalue weighted by atomic mass is 9.49. The van der Waals surface area contributed by atoms with Crippen LogP contribution in [0.25, 0.3) is 0 Å². The number of aromatic nitrogens is 1. The number of thiazole rings is 1. The molecule has 1 aromatic heterocycles. The summed E-state index contributed by atoms with van der Waals surface area (Å²) in [5.41, 5.74) is 2.32. The van der Waals surface area contributed by atoms with Crippen molar-refractivity contribution < 1.29 is 5.11 Å². The molecular weight excluding hydrogens is 340 g/mol. The third kappa shape index (κ3) is 3.44. The highest BCUT2D eigenvalue weighted by atomic mass is 32.1. The van der Waals surface area contributed by atoms with E-state index in [1.807, 2.05) is 11.3 Å². The summed E-state index contributed by atoms with van der Waals surface area (Å²) in [5, 5.41) is 13.2. The van der Waals surface area contributed by atoms with Crippen molar-refractivity contribution in [1.29, 1.82) is 0 Å². The van der Waals surface area contributed by atoms with Crippen LogP contribution in [0.2, 0.25) is 0 Å². The number of anilines is 1. The second-order valence-electron chi connectivity index (χ2n) is 10.5. The average Bonchev–Trinajstić information content (AvgIpc) is 3.09. The Labute approximate surface area is 163 Å². The standard InChI is InChI=1S/C22H36N2OS/c1-21(2)9-10-22(3,4)18-13-15(5-6-17(18)21)19-14-26-20(23-19)24-11-7-16(25)8-12-24/h14-18,25H,5-13H2,1-4H3. The molecule has 3 nitrogen and oxygen atoms in total. The first-order valence-electron chi connectivity index (χ1n) is 10.6. The van der Waals surface area contributed by atoms with E-state index in [0.717, 1.165) is 37.8 Å². The highest BCUT2D eigenvalue weighted by Crippen LogP contribution is 2.59. The largest absolute Gasteiger partial charge is 0.393 e. The maximum absolute atomic E-state index is 9.74. The van der Waals surface area contributed by atoms with Gasteiger partial charge in [-0.2, -0.15) is 0 Å². The van der Waals surface area contributed by atoms with E-state index in [-0.39, 0.29) is 6.10 Å². The minimum absolute atomic E-state index is 0.113. The van der Waals surface area contributed by atoms with Crippen LogP contribution in [0.3, 0.4) is 0 Å². The molecule has 2 heterocycles. The van der Waals surface area contributed by atoms with Crippen LogP contribution in [0.15, 0.2) is 5.38 Å². The predicted octanol–water partition coefficient (Wildman–Crippen LogP) is 5.45. The van der Waals surface area contributed by atoms with Crippen LogP contribution < -0.4 is 4.90 Å². The third-order valence-electron chi connectivity index (χ3n) is 7.93. The van der Waals surface area contributed by atoms with Gasteiger partial charge in [-0.3, -0.25) is 0 Å². The summed E-state index contributed by atoms with van der Waals surface area (Å²) in [4.78, 5) is 7.44. The van der Waals surface area contributed by atoms with Crippen molar-refractivity contribution >= 4 is 16.5 Å². The van der Waals surface area contributed by atoms with Crippen molar-refractivity contribution in [3.63, 3.8) is 0 Å². The summed E-state index contributed by atoms with van der Waals surface area (Å²) in [5.74, 6) is 2.36. The summed E-state index contributed by atoms with van der Waals surface area (Å²) in [7, 11) is 0. The van der Waals surface area contributed by atoms with Crippen LogP contribution in [0.5, 0.6) is 0 Å². The van der Waals surface area contributed by atoms with Gasteiger partial charge in [-0.25, -0.2) is 4.98 Å². The summed E-state index contributed by atoms with van der Waals surface area (Å²) in [6.07, 6.45) is 8.40. The third-order valence-corrected chi connectivity index (χ3v) is 8.85. The molecule has 26 heavy (non-hydrogen) atoms. The molecule has 0 radical (unpaired) electrons. The van der Waals surface area contributed by atoms with E-state index in [0.29, 0.717) is 16.7 Å². The molecule has 0 spiro atoms. The number of fused-ring (bicyclic) bond motifs is 1. The minimum Gasteiger partial charge on any atom is -0.393 e. The Morgan fingerprint density at radius 3 is 2.35 bits per heavy atom. The van der Waals surface area contributed by atoms with Crippen LogP contribution in [-0.2, 0) is 0 Å². The van der Waals surface area contributed by atoms with Gasteiger partial charge in [0, 0.05) is 24.4 Å². The van der Waals surface area contributed by atoms with Crippen molar-refractivity contribution in [2.24, 2.45) is 22.7 Å². The molecular formula is C22H36N2OS. The number of aliphatic hydroxyl groups is 1. The molecule has 146 valence electrons. The van der Waals surface area contributed by atoms with E-state index in [9.17, 15) is 5.11 Å². The molecule has 3 aliphatic rings. The Balaban J connectivity index is 1.48. The fourth-order valence-corrected chi connectivity index (χ4v) is 6.88. The summed E-state index contributed by atoms with van der Waals surface area (Å²) < 4.78 is 0. The molecule has 3 atom stereocenters. The van der Waals surface area contributed by atoms with Gasteiger partial charge in [0.25, 0.3) is 0 Å². The quantitative estimate of drug-likeness (QED) is 0.745. The van der Waals surface area contributed by atoms with Gasteiger partial charge >= 0.3 is 0 Å². The first-order valence-corrected chi connectivity index (χ1v) is 11.5. The monoisotopic (exact) mass is 376 g/mol. The Bertz CT molecular complexity index is 630. The summed E-state index contributed by atoms with van der Waals surface area (Å²) >= 11 is 1.81. The molecule has 3 unspecified atom stereocenters. The van der Waals surface area contributed by atoms with E-state index in [1.165, 1.54) is 42.9 Å². The molecule has 2 aliphatic carbocycles. The first kappa shape index (κ1) is 18.7.